The molecule has 0 radical (unpaired) electrons. The Hall–Kier alpha value is -0.780. The van der Waals surface area contributed by atoms with Gasteiger partial charge >= 0.3 is 6.18 Å². The van der Waals surface area contributed by atoms with Crippen molar-refractivity contribution in [3.8, 4) is 0 Å². The molecule has 3 nitrogen and oxygen atoms in total. The Morgan fingerprint density at radius 1 is 1.05 bits per heavy atom. The Morgan fingerprint density at radius 2 is 1.74 bits per heavy atom. The van der Waals surface area contributed by atoms with Crippen molar-refractivity contribution in [2.24, 2.45) is 5.92 Å². The Balaban J connectivity index is 1.74. The number of hydrogen-bond acceptors (Lipinski definition) is 2. The minimum absolute atomic E-state index is 0.0461. The molecule has 2 aliphatic rings. The van der Waals surface area contributed by atoms with Crippen molar-refractivity contribution in [3.63, 3.8) is 0 Å². The summed E-state index contributed by atoms with van der Waals surface area (Å²) in [6.45, 7) is 0.846. The molecule has 1 heterocycles. The highest BCUT2D eigenvalue weighted by Gasteiger charge is 2.41. The smallest absolute Gasteiger partial charge is 0.352 e. The summed E-state index contributed by atoms with van der Waals surface area (Å²) >= 11 is 0. The van der Waals surface area contributed by atoms with Crippen molar-refractivity contribution < 1.29 is 18.0 Å². The summed E-state index contributed by atoms with van der Waals surface area (Å²) in [5, 5.41) is 6.04. The number of carbonyl (C=O) groups excluding carboxylic acids is 1. The van der Waals surface area contributed by atoms with E-state index in [1.807, 2.05) is 0 Å². The first kappa shape index (κ1) is 14.6. The SMILES string of the molecule is O=C(NC1CCC(C(F)(F)F)CC1)C1CCCCN1. The average Bonchev–Trinajstić information content (AvgIpc) is 2.39. The normalized spacial score (nSPS) is 32.9. The molecule has 1 atom stereocenters. The van der Waals surface area contributed by atoms with Crippen LogP contribution in [0.1, 0.15) is 44.9 Å². The lowest BCUT2D eigenvalue weighted by Crippen LogP contribution is -2.50. The maximum absolute atomic E-state index is 12.5. The molecule has 0 spiro atoms. The summed E-state index contributed by atoms with van der Waals surface area (Å²) in [7, 11) is 0. The number of alkyl halides is 3. The van der Waals surface area contributed by atoms with Crippen LogP contribution in [0.4, 0.5) is 13.2 Å². The first-order chi connectivity index (χ1) is 8.97. The molecule has 110 valence electrons. The lowest BCUT2D eigenvalue weighted by atomic mass is 9.85. The second-order valence-electron chi connectivity index (χ2n) is 5.60. The van der Waals surface area contributed by atoms with E-state index in [0.717, 1.165) is 25.8 Å². The third kappa shape index (κ3) is 4.09. The molecule has 0 aromatic carbocycles. The van der Waals surface area contributed by atoms with Gasteiger partial charge in [-0.05, 0) is 45.1 Å². The predicted molar refractivity (Wildman–Crippen MR) is 65.6 cm³/mol. The summed E-state index contributed by atoms with van der Waals surface area (Å²) in [6.07, 6.45) is -0.0135. The predicted octanol–water partition coefficient (Wildman–Crippen LogP) is 2.37. The van der Waals surface area contributed by atoms with E-state index in [9.17, 15) is 18.0 Å². The quantitative estimate of drug-likeness (QED) is 0.814. The second kappa shape index (κ2) is 6.11. The van der Waals surface area contributed by atoms with Gasteiger partial charge in [-0.15, -0.1) is 0 Å². The first-order valence-electron chi connectivity index (χ1n) is 7.07. The third-order valence-corrected chi connectivity index (χ3v) is 4.16. The molecular formula is C13H21F3N2O. The Bertz CT molecular complexity index is 306. The fraction of sp³-hybridized carbons (Fsp3) is 0.923. The zero-order valence-electron chi connectivity index (χ0n) is 10.9. The number of halogens is 3. The molecule has 1 saturated carbocycles. The van der Waals surface area contributed by atoms with E-state index in [4.69, 9.17) is 0 Å². The maximum Gasteiger partial charge on any atom is 0.391 e. The molecule has 1 aliphatic heterocycles. The summed E-state index contributed by atoms with van der Waals surface area (Å²) in [5.41, 5.74) is 0. The van der Waals surface area contributed by atoms with E-state index < -0.39 is 12.1 Å². The van der Waals surface area contributed by atoms with Crippen molar-refractivity contribution in [2.45, 2.75) is 63.2 Å². The minimum Gasteiger partial charge on any atom is -0.352 e. The zero-order chi connectivity index (χ0) is 13.9. The largest absolute Gasteiger partial charge is 0.391 e. The molecule has 6 heteroatoms. The van der Waals surface area contributed by atoms with Crippen LogP contribution in [-0.2, 0) is 4.79 Å². The first-order valence-corrected chi connectivity index (χ1v) is 7.07. The number of hydrogen-bond donors (Lipinski definition) is 2. The highest BCUT2D eigenvalue weighted by Crippen LogP contribution is 2.37. The molecule has 2 rings (SSSR count). The number of amides is 1. The van der Waals surface area contributed by atoms with Gasteiger partial charge in [-0.1, -0.05) is 6.42 Å². The molecule has 19 heavy (non-hydrogen) atoms. The fourth-order valence-corrected chi connectivity index (χ4v) is 2.94. The highest BCUT2D eigenvalue weighted by atomic mass is 19.4. The van der Waals surface area contributed by atoms with Gasteiger partial charge in [0.15, 0.2) is 0 Å². The van der Waals surface area contributed by atoms with E-state index in [0.29, 0.717) is 12.8 Å². The fourth-order valence-electron chi connectivity index (χ4n) is 2.94. The summed E-state index contributed by atoms with van der Waals surface area (Å²) in [4.78, 5) is 11.9. The van der Waals surface area contributed by atoms with Gasteiger partial charge < -0.3 is 10.6 Å². The summed E-state index contributed by atoms with van der Waals surface area (Å²) in [5.74, 6) is -1.23. The summed E-state index contributed by atoms with van der Waals surface area (Å²) in [6, 6.07) is -0.246. The van der Waals surface area contributed by atoms with Gasteiger partial charge in [-0.3, -0.25) is 4.79 Å². The van der Waals surface area contributed by atoms with Crippen molar-refractivity contribution in [1.29, 1.82) is 0 Å². The monoisotopic (exact) mass is 278 g/mol. The number of piperidine rings is 1. The maximum atomic E-state index is 12.5. The molecule has 2 N–H and O–H groups in total. The van der Waals surface area contributed by atoms with E-state index in [1.54, 1.807) is 0 Å². The lowest BCUT2D eigenvalue weighted by molar-refractivity contribution is -0.182. The molecule has 1 saturated heterocycles. The molecule has 0 bridgehead atoms. The van der Waals surface area contributed by atoms with Crippen LogP contribution in [0.25, 0.3) is 0 Å². The number of carbonyl (C=O) groups is 1. The highest BCUT2D eigenvalue weighted by molar-refractivity contribution is 5.82. The van der Waals surface area contributed by atoms with Crippen LogP contribution in [0.3, 0.4) is 0 Å². The van der Waals surface area contributed by atoms with Gasteiger partial charge in [0, 0.05) is 6.04 Å². The van der Waals surface area contributed by atoms with Gasteiger partial charge in [-0.25, -0.2) is 0 Å². The van der Waals surface area contributed by atoms with Crippen molar-refractivity contribution >= 4 is 5.91 Å². The Morgan fingerprint density at radius 3 is 2.26 bits per heavy atom. The van der Waals surface area contributed by atoms with Crippen LogP contribution < -0.4 is 10.6 Å². The number of rotatable bonds is 2. The van der Waals surface area contributed by atoms with Crippen LogP contribution in [0.2, 0.25) is 0 Å². The minimum atomic E-state index is -4.08. The standard InChI is InChI=1S/C13H21F3N2O/c14-13(15,16)9-4-6-10(7-5-9)18-12(19)11-3-1-2-8-17-11/h9-11,17H,1-8H2,(H,18,19). The second-order valence-corrected chi connectivity index (χ2v) is 5.60. The van der Waals surface area contributed by atoms with E-state index in [-0.39, 0.29) is 30.8 Å². The van der Waals surface area contributed by atoms with E-state index >= 15 is 0 Å². The van der Waals surface area contributed by atoms with Crippen molar-refractivity contribution in [3.05, 3.63) is 0 Å². The molecule has 1 aliphatic carbocycles. The van der Waals surface area contributed by atoms with Crippen molar-refractivity contribution in [1.82, 2.24) is 10.6 Å². The molecule has 0 aromatic heterocycles. The van der Waals surface area contributed by atoms with Gasteiger partial charge in [0.1, 0.15) is 0 Å². The average molecular weight is 278 g/mol. The third-order valence-electron chi connectivity index (χ3n) is 4.16. The molecule has 1 unspecified atom stereocenters. The Kier molecular flexibility index (Phi) is 4.71. The van der Waals surface area contributed by atoms with Gasteiger partial charge in [0.2, 0.25) is 5.91 Å². The van der Waals surface area contributed by atoms with Crippen LogP contribution >= 0.6 is 0 Å². The lowest BCUT2D eigenvalue weighted by Gasteiger charge is -2.32. The molecule has 0 aromatic rings. The van der Waals surface area contributed by atoms with Crippen LogP contribution in [0.15, 0.2) is 0 Å². The van der Waals surface area contributed by atoms with Crippen molar-refractivity contribution in [2.75, 3.05) is 6.54 Å². The van der Waals surface area contributed by atoms with E-state index in [2.05, 4.69) is 10.6 Å². The Labute approximate surface area is 111 Å². The molecule has 1 amide bonds. The zero-order valence-corrected chi connectivity index (χ0v) is 10.9. The topological polar surface area (TPSA) is 41.1 Å². The summed E-state index contributed by atoms with van der Waals surface area (Å²) < 4.78 is 37.6. The van der Waals surface area contributed by atoms with Crippen LogP contribution in [-0.4, -0.2) is 30.7 Å². The van der Waals surface area contributed by atoms with Crippen LogP contribution in [0, 0.1) is 5.92 Å². The van der Waals surface area contributed by atoms with E-state index in [1.165, 1.54) is 0 Å². The molecule has 2 fully saturated rings. The van der Waals surface area contributed by atoms with Gasteiger partial charge in [-0.2, -0.15) is 13.2 Å². The van der Waals surface area contributed by atoms with Gasteiger partial charge in [0.25, 0.3) is 0 Å². The molecular weight excluding hydrogens is 257 g/mol. The number of nitrogens with one attached hydrogen (secondary N) is 2. The van der Waals surface area contributed by atoms with Gasteiger partial charge in [0.05, 0.1) is 12.0 Å². The van der Waals surface area contributed by atoms with Crippen LogP contribution in [0.5, 0.6) is 0 Å².